The van der Waals surface area contributed by atoms with Crippen LogP contribution in [0.1, 0.15) is 0 Å². The molecule has 0 radical (unpaired) electrons. The van der Waals surface area contributed by atoms with Gasteiger partial charge in [0.2, 0.25) is 0 Å². The van der Waals surface area contributed by atoms with Crippen LogP contribution >= 0.6 is 0 Å². The number of nitrogens with two attached hydrogens (primary N) is 2. The molecule has 0 bridgehead atoms. The Hall–Kier alpha value is -0.410. The quantitative estimate of drug-likeness (QED) is 0.402. The molecule has 0 aromatic rings. The topological polar surface area (TPSA) is 69.1 Å². The van der Waals surface area contributed by atoms with Gasteiger partial charge in [-0.15, -0.1) is 0 Å². The minimum Gasteiger partial charge on any atom is -0.329 e. The normalized spacial score (nSPS) is 13.7. The fraction of sp³-hybridized carbons (Fsp3) is 0.667. The van der Waals surface area contributed by atoms with E-state index >= 15 is 0 Å². The Kier molecular flexibility index (Phi) is 2.62. The first-order valence-electron chi connectivity index (χ1n) is 1.72. The molecule has 0 unspecified atom stereocenters. The van der Waals surface area contributed by atoms with E-state index in [4.69, 9.17) is 11.5 Å². The Morgan fingerprint density at radius 2 is 2.33 bits per heavy atom. The van der Waals surface area contributed by atoms with Gasteiger partial charge in [-0.1, -0.05) is 0 Å². The molecule has 36 valence electrons. The van der Waals surface area contributed by atoms with Crippen molar-refractivity contribution in [1.82, 2.24) is 0 Å². The fourth-order valence-electron chi connectivity index (χ4n) is 0.0556. The Morgan fingerprint density at radius 3 is 2.33 bits per heavy atom. The van der Waals surface area contributed by atoms with Crippen LogP contribution < -0.4 is 11.5 Å². The third kappa shape index (κ3) is 1.87. The Labute approximate surface area is 36.3 Å². The second kappa shape index (κ2) is 2.81. The highest BCUT2D eigenvalue weighted by atomic mass is 16.1. The number of hydrogen-bond acceptors (Lipinski definition) is 3. The van der Waals surface area contributed by atoms with Gasteiger partial charge in [0.25, 0.3) is 0 Å². The summed E-state index contributed by atoms with van der Waals surface area (Å²) in [6.45, 7) is 0.240. The summed E-state index contributed by atoms with van der Waals surface area (Å²) in [6.07, 6.45) is 0.625. The molecule has 0 aromatic carbocycles. The van der Waals surface area contributed by atoms with Gasteiger partial charge in [0.1, 0.15) is 6.29 Å². The molecular weight excluding hydrogens is 80.0 g/mol. The van der Waals surface area contributed by atoms with Crippen LogP contribution in [0.3, 0.4) is 0 Å². The van der Waals surface area contributed by atoms with E-state index in [0.717, 1.165) is 0 Å². The van der Waals surface area contributed by atoms with Crippen molar-refractivity contribution in [2.24, 2.45) is 11.5 Å². The van der Waals surface area contributed by atoms with Crippen LogP contribution in [0.5, 0.6) is 0 Å². The second-order valence-corrected chi connectivity index (χ2v) is 1.04. The molecule has 1 atom stereocenters. The molecule has 0 rings (SSSR count). The molecule has 4 N–H and O–H groups in total. The van der Waals surface area contributed by atoms with Gasteiger partial charge in [0.15, 0.2) is 0 Å². The molecular formula is C3H8N2O. The first kappa shape index (κ1) is 5.59. The lowest BCUT2D eigenvalue weighted by Gasteiger charge is -1.91. The summed E-state index contributed by atoms with van der Waals surface area (Å²) in [6, 6.07) is -0.468. The number of aldehydes is 1. The van der Waals surface area contributed by atoms with Crippen LogP contribution in [-0.2, 0) is 4.79 Å². The van der Waals surface area contributed by atoms with Crippen LogP contribution in [0.25, 0.3) is 0 Å². The molecule has 0 saturated carbocycles. The molecule has 0 aliphatic rings. The maximum absolute atomic E-state index is 9.53. The summed E-state index contributed by atoms with van der Waals surface area (Å²) in [7, 11) is 0. The molecule has 0 amide bonds. The van der Waals surface area contributed by atoms with Gasteiger partial charge in [-0.25, -0.2) is 0 Å². The summed E-state index contributed by atoms with van der Waals surface area (Å²) in [5.74, 6) is 0. The number of carbonyl (C=O) groups is 1. The Balaban J connectivity index is 2.96. The van der Waals surface area contributed by atoms with Crippen molar-refractivity contribution in [3.63, 3.8) is 0 Å². The molecule has 0 fully saturated rings. The average molecular weight is 88.1 g/mol. The molecule has 0 aliphatic carbocycles. The van der Waals surface area contributed by atoms with Crippen LogP contribution in [-0.4, -0.2) is 18.9 Å². The van der Waals surface area contributed by atoms with Crippen molar-refractivity contribution >= 4 is 6.29 Å². The SMILES string of the molecule is NC[C@H](N)C=O. The minimum atomic E-state index is -0.468. The maximum atomic E-state index is 9.53. The lowest BCUT2D eigenvalue weighted by molar-refractivity contribution is -0.108. The van der Waals surface area contributed by atoms with Gasteiger partial charge < -0.3 is 16.3 Å². The zero-order valence-electron chi connectivity index (χ0n) is 3.42. The molecule has 0 heterocycles. The summed E-state index contributed by atoms with van der Waals surface area (Å²) < 4.78 is 0. The van der Waals surface area contributed by atoms with Crippen molar-refractivity contribution < 1.29 is 4.79 Å². The Bertz CT molecular complexity index is 46.1. The number of carbonyl (C=O) groups excluding carboxylic acids is 1. The van der Waals surface area contributed by atoms with Gasteiger partial charge in [-0.2, -0.15) is 0 Å². The van der Waals surface area contributed by atoms with Gasteiger partial charge >= 0.3 is 0 Å². The number of rotatable bonds is 2. The second-order valence-electron chi connectivity index (χ2n) is 1.04. The van der Waals surface area contributed by atoms with Gasteiger partial charge in [-0.3, -0.25) is 0 Å². The minimum absolute atomic E-state index is 0.240. The van der Waals surface area contributed by atoms with Crippen LogP contribution in [0.15, 0.2) is 0 Å². The molecule has 6 heavy (non-hydrogen) atoms. The van der Waals surface area contributed by atoms with E-state index in [2.05, 4.69) is 0 Å². The predicted molar refractivity (Wildman–Crippen MR) is 23.1 cm³/mol. The molecule has 0 spiro atoms. The molecule has 3 nitrogen and oxygen atoms in total. The van der Waals surface area contributed by atoms with Crippen molar-refractivity contribution in [2.75, 3.05) is 6.54 Å². The van der Waals surface area contributed by atoms with E-state index in [9.17, 15) is 4.79 Å². The molecule has 0 saturated heterocycles. The largest absolute Gasteiger partial charge is 0.329 e. The predicted octanol–water partition coefficient (Wildman–Crippen LogP) is -1.53. The molecule has 0 aliphatic heterocycles. The van der Waals surface area contributed by atoms with E-state index in [1.807, 2.05) is 0 Å². The third-order valence-corrected chi connectivity index (χ3v) is 0.447. The monoisotopic (exact) mass is 88.1 g/mol. The standard InChI is InChI=1S/C3H8N2O/c4-1-3(5)2-6/h2-3H,1,4-5H2/t3-/m0/s1. The van der Waals surface area contributed by atoms with Gasteiger partial charge in [-0.05, 0) is 0 Å². The summed E-state index contributed by atoms with van der Waals surface area (Å²) in [5, 5.41) is 0. The third-order valence-electron chi connectivity index (χ3n) is 0.447. The van der Waals surface area contributed by atoms with Crippen LogP contribution in [0.4, 0.5) is 0 Å². The first-order chi connectivity index (χ1) is 2.81. The van der Waals surface area contributed by atoms with Crippen molar-refractivity contribution in [1.29, 1.82) is 0 Å². The highest BCUT2D eigenvalue weighted by molar-refractivity contribution is 5.57. The summed E-state index contributed by atoms with van der Waals surface area (Å²) in [4.78, 5) is 9.53. The van der Waals surface area contributed by atoms with Crippen LogP contribution in [0.2, 0.25) is 0 Å². The van der Waals surface area contributed by atoms with Crippen molar-refractivity contribution in [3.8, 4) is 0 Å². The Morgan fingerprint density at radius 1 is 1.83 bits per heavy atom. The summed E-state index contributed by atoms with van der Waals surface area (Å²) in [5.41, 5.74) is 9.91. The molecule has 3 heteroatoms. The van der Waals surface area contributed by atoms with E-state index in [1.165, 1.54) is 0 Å². The lowest BCUT2D eigenvalue weighted by Crippen LogP contribution is -2.30. The van der Waals surface area contributed by atoms with Gasteiger partial charge in [0, 0.05) is 6.54 Å². The highest BCUT2D eigenvalue weighted by Crippen LogP contribution is 1.56. The van der Waals surface area contributed by atoms with E-state index in [0.29, 0.717) is 6.29 Å². The zero-order chi connectivity index (χ0) is 4.99. The molecule has 0 aromatic heterocycles. The fourth-order valence-corrected chi connectivity index (χ4v) is 0.0556. The van der Waals surface area contributed by atoms with E-state index in [-0.39, 0.29) is 6.54 Å². The first-order valence-corrected chi connectivity index (χ1v) is 1.72. The maximum Gasteiger partial charge on any atom is 0.137 e. The van der Waals surface area contributed by atoms with E-state index in [1.54, 1.807) is 0 Å². The lowest BCUT2D eigenvalue weighted by atomic mass is 10.4. The van der Waals surface area contributed by atoms with E-state index < -0.39 is 6.04 Å². The van der Waals surface area contributed by atoms with Crippen molar-refractivity contribution in [3.05, 3.63) is 0 Å². The zero-order valence-corrected chi connectivity index (χ0v) is 3.42. The highest BCUT2D eigenvalue weighted by Gasteiger charge is 1.89. The van der Waals surface area contributed by atoms with Crippen molar-refractivity contribution in [2.45, 2.75) is 6.04 Å². The van der Waals surface area contributed by atoms with Gasteiger partial charge in [0.05, 0.1) is 6.04 Å². The summed E-state index contributed by atoms with van der Waals surface area (Å²) >= 11 is 0. The number of hydrogen-bond donors (Lipinski definition) is 2. The smallest absolute Gasteiger partial charge is 0.137 e. The van der Waals surface area contributed by atoms with Crippen LogP contribution in [0, 0.1) is 0 Å². The average Bonchev–Trinajstić information content (AvgIpc) is 1.65.